The van der Waals surface area contributed by atoms with Gasteiger partial charge in [0.2, 0.25) is 0 Å². The Kier molecular flexibility index (Phi) is 4.76. The maximum Gasteiger partial charge on any atom is 0.159 e. The van der Waals surface area contributed by atoms with Crippen LogP contribution in [-0.4, -0.2) is 28.0 Å². The number of aromatic amines is 1. The van der Waals surface area contributed by atoms with Gasteiger partial charge in [-0.25, -0.2) is 9.66 Å². The summed E-state index contributed by atoms with van der Waals surface area (Å²) in [6.45, 7) is 2.02. The molecule has 28 heavy (non-hydrogen) atoms. The van der Waals surface area contributed by atoms with E-state index in [0.717, 1.165) is 34.4 Å². The van der Waals surface area contributed by atoms with Crippen LogP contribution in [0.15, 0.2) is 66.0 Å². The van der Waals surface area contributed by atoms with Gasteiger partial charge >= 0.3 is 0 Å². The number of nitrogens with one attached hydrogen (secondary N) is 2. The molecular weight excluding hydrogens is 350 g/mol. The number of aromatic nitrogens is 3. The summed E-state index contributed by atoms with van der Waals surface area (Å²) >= 11 is 0. The third kappa shape index (κ3) is 3.44. The molecule has 2 aromatic carbocycles. The van der Waals surface area contributed by atoms with Crippen LogP contribution < -0.4 is 10.2 Å². The van der Waals surface area contributed by atoms with Crippen molar-refractivity contribution in [1.29, 1.82) is 5.41 Å². The number of rotatable bonds is 5. The normalized spacial score (nSPS) is 11.4. The third-order valence-electron chi connectivity index (χ3n) is 4.73. The maximum absolute atomic E-state index is 8.66. The monoisotopic (exact) mass is 371 g/mol. The number of hydrogen-bond donors (Lipinski definition) is 2. The van der Waals surface area contributed by atoms with Gasteiger partial charge in [-0.1, -0.05) is 30.3 Å². The molecule has 0 saturated carbocycles. The summed E-state index contributed by atoms with van der Waals surface area (Å²) < 4.78 is 6.66. The van der Waals surface area contributed by atoms with E-state index in [1.807, 2.05) is 49.4 Å². The van der Waals surface area contributed by atoms with Gasteiger partial charge in [0.25, 0.3) is 0 Å². The summed E-state index contributed by atoms with van der Waals surface area (Å²) in [6.07, 6.45) is 4.01. The van der Waals surface area contributed by atoms with Crippen molar-refractivity contribution >= 4 is 17.2 Å². The van der Waals surface area contributed by atoms with Crippen LogP contribution in [-0.2, 0) is 6.42 Å². The summed E-state index contributed by atoms with van der Waals surface area (Å²) in [4.78, 5) is 7.75. The van der Waals surface area contributed by atoms with Crippen LogP contribution in [0.3, 0.4) is 0 Å². The number of nitrogens with zero attached hydrogens (tertiary/aromatic N) is 3. The summed E-state index contributed by atoms with van der Waals surface area (Å²) in [7, 11) is 1.64. The van der Waals surface area contributed by atoms with E-state index in [2.05, 4.69) is 27.2 Å². The highest BCUT2D eigenvalue weighted by Crippen LogP contribution is 2.20. The number of benzene rings is 2. The van der Waals surface area contributed by atoms with E-state index in [0.29, 0.717) is 11.1 Å². The van der Waals surface area contributed by atoms with Gasteiger partial charge < -0.3 is 9.72 Å². The zero-order valence-electron chi connectivity index (χ0n) is 15.8. The van der Waals surface area contributed by atoms with E-state index in [1.165, 1.54) is 10.2 Å². The number of fused-ring (bicyclic) bond motifs is 1. The number of methoxy groups -OCH3 is 1. The van der Waals surface area contributed by atoms with Crippen LogP contribution in [0.4, 0.5) is 0 Å². The second kappa shape index (κ2) is 7.52. The molecule has 6 nitrogen and oxygen atoms in total. The number of H-pyrrole nitrogens is 1. The molecule has 2 heterocycles. The average molecular weight is 371 g/mol. The fourth-order valence-corrected chi connectivity index (χ4v) is 3.21. The van der Waals surface area contributed by atoms with Gasteiger partial charge in [0.05, 0.1) is 18.7 Å². The highest BCUT2D eigenvalue weighted by Gasteiger charge is 2.13. The van der Waals surface area contributed by atoms with E-state index in [4.69, 9.17) is 10.1 Å². The molecule has 0 aliphatic heterocycles. The number of ether oxygens (including phenoxy) is 1. The van der Waals surface area contributed by atoms with Crippen molar-refractivity contribution in [2.75, 3.05) is 7.11 Å². The van der Waals surface area contributed by atoms with Crippen molar-refractivity contribution in [3.8, 4) is 5.75 Å². The van der Waals surface area contributed by atoms with Gasteiger partial charge in [0.1, 0.15) is 17.7 Å². The van der Waals surface area contributed by atoms with Crippen molar-refractivity contribution in [2.24, 2.45) is 5.10 Å². The second-order valence-electron chi connectivity index (χ2n) is 6.57. The van der Waals surface area contributed by atoms with Crippen molar-refractivity contribution in [3.05, 3.63) is 88.8 Å². The van der Waals surface area contributed by atoms with Crippen LogP contribution in [0, 0.1) is 12.3 Å². The fourth-order valence-electron chi connectivity index (χ4n) is 3.21. The Morgan fingerprint density at radius 2 is 1.89 bits per heavy atom. The van der Waals surface area contributed by atoms with E-state index in [9.17, 15) is 0 Å². The second-order valence-corrected chi connectivity index (χ2v) is 6.57. The van der Waals surface area contributed by atoms with Crippen molar-refractivity contribution in [1.82, 2.24) is 14.6 Å². The van der Waals surface area contributed by atoms with E-state index < -0.39 is 0 Å². The van der Waals surface area contributed by atoms with Crippen LogP contribution in [0.2, 0.25) is 0 Å². The average Bonchev–Trinajstić information content (AvgIpc) is 3.04. The molecule has 140 valence electrons. The quantitative estimate of drug-likeness (QED) is 0.525. The molecule has 0 amide bonds. The summed E-state index contributed by atoms with van der Waals surface area (Å²) in [5, 5.41) is 13.9. The minimum atomic E-state index is 0.310. The Bertz CT molecular complexity index is 1190. The summed E-state index contributed by atoms with van der Waals surface area (Å²) in [5.74, 6) is 0.794. The van der Waals surface area contributed by atoms with Crippen LogP contribution >= 0.6 is 0 Å². The highest BCUT2D eigenvalue weighted by molar-refractivity contribution is 5.81. The Morgan fingerprint density at radius 1 is 1.14 bits per heavy atom. The predicted octanol–water partition coefficient (Wildman–Crippen LogP) is 3.63. The minimum Gasteiger partial charge on any atom is -0.497 e. The van der Waals surface area contributed by atoms with Gasteiger partial charge in [0.15, 0.2) is 5.49 Å². The Hall–Kier alpha value is -3.67. The first-order chi connectivity index (χ1) is 13.7. The molecule has 0 aliphatic rings. The van der Waals surface area contributed by atoms with Gasteiger partial charge in [-0.05, 0) is 47.9 Å². The smallest absolute Gasteiger partial charge is 0.159 e. The molecule has 0 fully saturated rings. The first-order valence-corrected chi connectivity index (χ1v) is 9.01. The third-order valence-corrected chi connectivity index (χ3v) is 4.73. The van der Waals surface area contributed by atoms with Crippen LogP contribution in [0.25, 0.3) is 11.0 Å². The molecule has 0 saturated heterocycles. The standard InChI is InChI=1S/C22H21N5O/c1-15-19(12-16-6-4-3-5-7-16)20-21(23)27(14-24-22(20)26-15)25-13-17-8-10-18(28-2)11-9-17/h3-11,13-14,23,26H,12H2,1-2H3. The molecule has 4 rings (SSSR count). The van der Waals surface area contributed by atoms with E-state index in [1.54, 1.807) is 19.7 Å². The molecule has 0 radical (unpaired) electrons. The molecular formula is C22H21N5O. The molecule has 0 atom stereocenters. The number of hydrogen-bond acceptors (Lipinski definition) is 4. The molecule has 0 bridgehead atoms. The van der Waals surface area contributed by atoms with E-state index in [-0.39, 0.29) is 0 Å². The molecule has 2 aromatic heterocycles. The first-order valence-electron chi connectivity index (χ1n) is 9.01. The van der Waals surface area contributed by atoms with Gasteiger partial charge in [-0.2, -0.15) is 5.10 Å². The zero-order chi connectivity index (χ0) is 19.5. The van der Waals surface area contributed by atoms with Crippen LogP contribution in [0.1, 0.15) is 22.4 Å². The lowest BCUT2D eigenvalue weighted by atomic mass is 10.0. The lowest BCUT2D eigenvalue weighted by molar-refractivity contribution is 0.415. The van der Waals surface area contributed by atoms with Crippen molar-refractivity contribution in [2.45, 2.75) is 13.3 Å². The molecule has 0 aliphatic carbocycles. The van der Waals surface area contributed by atoms with Gasteiger partial charge in [0, 0.05) is 12.1 Å². The molecule has 0 spiro atoms. The topological polar surface area (TPSA) is 79.0 Å². The lowest BCUT2D eigenvalue weighted by Crippen LogP contribution is -2.18. The van der Waals surface area contributed by atoms with E-state index >= 15 is 0 Å². The lowest BCUT2D eigenvalue weighted by Gasteiger charge is -2.04. The van der Waals surface area contributed by atoms with Gasteiger partial charge in [-0.15, -0.1) is 0 Å². The predicted molar refractivity (Wildman–Crippen MR) is 110 cm³/mol. The Morgan fingerprint density at radius 3 is 2.61 bits per heavy atom. The van der Waals surface area contributed by atoms with Crippen LogP contribution in [0.5, 0.6) is 5.75 Å². The molecule has 4 aromatic rings. The first kappa shape index (κ1) is 17.7. The largest absolute Gasteiger partial charge is 0.497 e. The number of aryl methyl sites for hydroxylation is 1. The molecule has 2 N–H and O–H groups in total. The highest BCUT2D eigenvalue weighted by atomic mass is 16.5. The fraction of sp³-hybridized carbons (Fsp3) is 0.136. The van der Waals surface area contributed by atoms with Gasteiger partial charge in [-0.3, -0.25) is 5.41 Å². The Labute approximate surface area is 162 Å². The maximum atomic E-state index is 8.66. The molecule has 6 heteroatoms. The summed E-state index contributed by atoms with van der Waals surface area (Å²) in [6, 6.07) is 17.8. The zero-order valence-corrected chi connectivity index (χ0v) is 15.8. The summed E-state index contributed by atoms with van der Waals surface area (Å²) in [5.41, 5.74) is 5.24. The Balaban J connectivity index is 1.72. The SMILES string of the molecule is COc1ccc(C=Nn2cnc3[nH]c(C)c(Cc4ccccc4)c3c2=N)cc1. The van der Waals surface area contributed by atoms with Crippen molar-refractivity contribution < 1.29 is 4.74 Å². The van der Waals surface area contributed by atoms with Crippen molar-refractivity contribution in [3.63, 3.8) is 0 Å². The molecule has 0 unspecified atom stereocenters. The minimum absolute atomic E-state index is 0.310.